The molecule has 0 N–H and O–H groups in total. The van der Waals surface area contributed by atoms with Gasteiger partial charge in [0.2, 0.25) is 0 Å². The number of hydrogen-bond donors (Lipinski definition) is 0. The summed E-state index contributed by atoms with van der Waals surface area (Å²) >= 11 is 3.48. The molecule has 3 nitrogen and oxygen atoms in total. The number of unbranched alkanes of at least 4 members (excludes halogenated alkanes) is 1. The molecule has 172 valence electrons. The third-order valence-electron chi connectivity index (χ3n) is 4.43. The maximum Gasteiger partial charge on any atom is 0.161 e. The number of ketones is 1. The van der Waals surface area contributed by atoms with Gasteiger partial charge in [-0.2, -0.15) is 0 Å². The first-order valence-corrected chi connectivity index (χ1v) is 11.7. The van der Waals surface area contributed by atoms with Crippen molar-refractivity contribution >= 4 is 21.7 Å². The molecule has 0 bridgehead atoms. The van der Waals surface area contributed by atoms with E-state index < -0.39 is 0 Å². The second kappa shape index (κ2) is 16.6. The molecule has 1 fully saturated rings. The molecule has 0 amide bonds. The Kier molecular flexibility index (Phi) is 15.5. The highest BCUT2D eigenvalue weighted by molar-refractivity contribution is 9.10. The summed E-state index contributed by atoms with van der Waals surface area (Å²) in [5.74, 6) is 1.74. The van der Waals surface area contributed by atoms with Crippen molar-refractivity contribution in [1.29, 1.82) is 0 Å². The monoisotopic (exact) mass is 490 g/mol. The first kappa shape index (κ1) is 28.9. The normalized spacial score (nSPS) is 14.9. The van der Waals surface area contributed by atoms with Gasteiger partial charge in [0.15, 0.2) is 17.3 Å². The van der Waals surface area contributed by atoms with Gasteiger partial charge >= 0.3 is 0 Å². The lowest BCUT2D eigenvalue weighted by atomic mass is 10.1. The molecule has 1 saturated heterocycles. The van der Waals surface area contributed by atoms with Gasteiger partial charge in [0.25, 0.3) is 0 Å². The lowest BCUT2D eigenvalue weighted by Crippen LogP contribution is -2.14. The Morgan fingerprint density at radius 1 is 1.03 bits per heavy atom. The van der Waals surface area contributed by atoms with Crippen molar-refractivity contribution in [3.05, 3.63) is 81.8 Å². The molecule has 1 aromatic rings. The maximum absolute atomic E-state index is 9.69. The first-order valence-electron chi connectivity index (χ1n) is 10.9. The Labute approximate surface area is 198 Å². The molecule has 0 aromatic heterocycles. The minimum atomic E-state index is 0.0185. The Morgan fingerprint density at radius 2 is 1.58 bits per heavy atom. The fourth-order valence-corrected chi connectivity index (χ4v) is 2.96. The van der Waals surface area contributed by atoms with E-state index in [1.165, 1.54) is 34.2 Å². The summed E-state index contributed by atoms with van der Waals surface area (Å²) in [7, 11) is 0. The molecule has 0 radical (unpaired) electrons. The topological polar surface area (TPSA) is 35.5 Å². The lowest BCUT2D eigenvalue weighted by molar-refractivity contribution is -0.112. The van der Waals surface area contributed by atoms with Gasteiger partial charge in [-0.3, -0.25) is 4.79 Å². The largest absolute Gasteiger partial charge is 0.486 e. The number of benzene rings is 1. The average molecular weight is 492 g/mol. The maximum atomic E-state index is 9.69. The van der Waals surface area contributed by atoms with Crippen molar-refractivity contribution in [2.75, 3.05) is 13.2 Å². The average Bonchev–Trinajstić information content (AvgIpc) is 2.73. The minimum Gasteiger partial charge on any atom is -0.486 e. The van der Waals surface area contributed by atoms with Crippen molar-refractivity contribution in [2.24, 2.45) is 0 Å². The van der Waals surface area contributed by atoms with Gasteiger partial charge in [-0.25, -0.2) is 0 Å². The van der Waals surface area contributed by atoms with E-state index in [1.54, 1.807) is 0 Å². The molecular formula is C27H39BrO3. The summed E-state index contributed by atoms with van der Waals surface area (Å²) in [6.07, 6.45) is 9.64. The van der Waals surface area contributed by atoms with Crippen LogP contribution in [0.1, 0.15) is 63.1 Å². The van der Waals surface area contributed by atoms with Crippen LogP contribution in [0.5, 0.6) is 0 Å². The van der Waals surface area contributed by atoms with Gasteiger partial charge in [-0.1, -0.05) is 67.4 Å². The van der Waals surface area contributed by atoms with Crippen LogP contribution < -0.4 is 0 Å². The SMILES string of the molecule is C=C(/C=C1/OCCO/C1=C/CCC)CCC.C=CC(C)=O.Cc1cc(C)c(Br)cc1C. The number of rotatable bonds is 6. The number of aryl methyl sites for hydroxylation is 3. The summed E-state index contributed by atoms with van der Waals surface area (Å²) < 4.78 is 12.4. The number of allylic oxidation sites excluding steroid dienone is 4. The zero-order valence-corrected chi connectivity index (χ0v) is 21.7. The second-order valence-corrected chi connectivity index (χ2v) is 8.33. The molecular weight excluding hydrogens is 452 g/mol. The van der Waals surface area contributed by atoms with Gasteiger partial charge in [-0.15, -0.1) is 0 Å². The highest BCUT2D eigenvalue weighted by atomic mass is 79.9. The van der Waals surface area contributed by atoms with E-state index in [9.17, 15) is 4.79 Å². The third-order valence-corrected chi connectivity index (χ3v) is 5.28. The molecule has 0 saturated carbocycles. The van der Waals surface area contributed by atoms with Crippen LogP contribution in [-0.2, 0) is 14.3 Å². The zero-order chi connectivity index (χ0) is 23.8. The third kappa shape index (κ3) is 13.1. The van der Waals surface area contributed by atoms with Gasteiger partial charge < -0.3 is 9.47 Å². The summed E-state index contributed by atoms with van der Waals surface area (Å²) in [6, 6.07) is 4.35. The Balaban J connectivity index is 0.000000509. The fraction of sp³-hybridized carbons (Fsp3) is 0.444. The molecule has 0 spiro atoms. The Bertz CT molecular complexity index is 738. The molecule has 1 heterocycles. The lowest BCUT2D eigenvalue weighted by Gasteiger charge is -2.21. The molecule has 1 aliphatic heterocycles. The van der Waals surface area contributed by atoms with E-state index in [0.717, 1.165) is 42.8 Å². The second-order valence-electron chi connectivity index (χ2n) is 7.47. The smallest absolute Gasteiger partial charge is 0.161 e. The van der Waals surface area contributed by atoms with Crippen LogP contribution >= 0.6 is 15.9 Å². The molecule has 0 atom stereocenters. The van der Waals surface area contributed by atoms with E-state index in [2.05, 4.69) is 81.9 Å². The molecule has 0 unspecified atom stereocenters. The minimum absolute atomic E-state index is 0.0185. The van der Waals surface area contributed by atoms with Crippen LogP contribution in [0.15, 0.2) is 65.1 Å². The van der Waals surface area contributed by atoms with E-state index in [-0.39, 0.29) is 5.78 Å². The van der Waals surface area contributed by atoms with Crippen molar-refractivity contribution < 1.29 is 14.3 Å². The predicted molar refractivity (Wildman–Crippen MR) is 136 cm³/mol. The van der Waals surface area contributed by atoms with Crippen LogP contribution in [0, 0.1) is 20.8 Å². The number of carbonyl (C=O) groups is 1. The van der Waals surface area contributed by atoms with Gasteiger partial charge in [-0.05, 0) is 81.5 Å². The van der Waals surface area contributed by atoms with E-state index in [0.29, 0.717) is 13.2 Å². The van der Waals surface area contributed by atoms with Crippen LogP contribution in [0.2, 0.25) is 0 Å². The quantitative estimate of drug-likeness (QED) is 0.377. The van der Waals surface area contributed by atoms with Crippen molar-refractivity contribution in [2.45, 2.75) is 67.2 Å². The number of carbonyl (C=O) groups excluding carboxylic acids is 1. The molecule has 2 rings (SSSR count). The zero-order valence-electron chi connectivity index (χ0n) is 20.1. The molecule has 0 aliphatic carbocycles. The first-order chi connectivity index (χ1) is 14.7. The van der Waals surface area contributed by atoms with Crippen LogP contribution in [0.4, 0.5) is 0 Å². The number of hydrogen-bond acceptors (Lipinski definition) is 3. The molecule has 31 heavy (non-hydrogen) atoms. The van der Waals surface area contributed by atoms with Gasteiger partial charge in [0.05, 0.1) is 0 Å². The summed E-state index contributed by atoms with van der Waals surface area (Å²) in [6.45, 7) is 20.6. The summed E-state index contributed by atoms with van der Waals surface area (Å²) in [4.78, 5) is 9.69. The van der Waals surface area contributed by atoms with Gasteiger partial charge in [0, 0.05) is 4.47 Å². The van der Waals surface area contributed by atoms with E-state index in [1.807, 2.05) is 6.08 Å². The van der Waals surface area contributed by atoms with E-state index in [4.69, 9.17) is 9.47 Å². The van der Waals surface area contributed by atoms with Crippen LogP contribution in [0.25, 0.3) is 0 Å². The van der Waals surface area contributed by atoms with Crippen molar-refractivity contribution in [1.82, 2.24) is 0 Å². The highest BCUT2D eigenvalue weighted by Crippen LogP contribution is 2.22. The predicted octanol–water partition coefficient (Wildman–Crippen LogP) is 8.09. The Hall–Kier alpha value is -2.07. The van der Waals surface area contributed by atoms with Crippen molar-refractivity contribution in [3.63, 3.8) is 0 Å². The molecule has 4 heteroatoms. The van der Waals surface area contributed by atoms with Gasteiger partial charge in [0.1, 0.15) is 13.2 Å². The molecule has 1 aromatic carbocycles. The standard InChI is InChI=1S/C14H22O2.C9H11Br.C4H6O/c1-4-6-8-13-14(16-10-9-15-13)11-12(3)7-5-2;1-6-4-8(3)9(10)5-7(6)2;1-3-4(2)5/h8,11H,3-7,9-10H2,1-2H3;4-5H,1-3H3;3H,1H2,2H3/b13-8+,14-11+;;. The number of ether oxygens (including phenoxy) is 2. The fourth-order valence-electron chi connectivity index (χ4n) is 2.50. The van der Waals surface area contributed by atoms with Crippen LogP contribution in [0.3, 0.4) is 0 Å². The van der Waals surface area contributed by atoms with Crippen molar-refractivity contribution in [3.8, 4) is 0 Å². The highest BCUT2D eigenvalue weighted by Gasteiger charge is 2.13. The number of halogens is 1. The molecule has 1 aliphatic rings. The van der Waals surface area contributed by atoms with E-state index >= 15 is 0 Å². The summed E-state index contributed by atoms with van der Waals surface area (Å²) in [5.41, 5.74) is 5.12. The Morgan fingerprint density at radius 3 is 2.06 bits per heavy atom. The van der Waals surface area contributed by atoms with Crippen LogP contribution in [-0.4, -0.2) is 19.0 Å². The summed E-state index contributed by atoms with van der Waals surface area (Å²) in [5, 5.41) is 0.